The fourth-order valence-electron chi connectivity index (χ4n) is 3.34. The molecule has 8 nitrogen and oxygen atoms in total. The first-order valence-electron chi connectivity index (χ1n) is 8.70. The van der Waals surface area contributed by atoms with Crippen LogP contribution >= 0.6 is 0 Å². The number of ether oxygens (including phenoxy) is 1. The van der Waals surface area contributed by atoms with E-state index >= 15 is 0 Å². The highest BCUT2D eigenvalue weighted by atomic mass is 16.5. The Morgan fingerprint density at radius 3 is 3.04 bits per heavy atom. The molecule has 2 aromatic heterocycles. The maximum atomic E-state index is 12.3. The number of aromatic nitrogens is 3. The van der Waals surface area contributed by atoms with Crippen LogP contribution in [0.1, 0.15) is 36.8 Å². The minimum Gasteiger partial charge on any atom is -0.495 e. The fourth-order valence-corrected chi connectivity index (χ4v) is 3.34. The third-order valence-electron chi connectivity index (χ3n) is 4.71. The summed E-state index contributed by atoms with van der Waals surface area (Å²) in [5.41, 5.74) is 3.84. The average Bonchev–Trinajstić information content (AvgIpc) is 3.14. The Morgan fingerprint density at radius 2 is 2.26 bits per heavy atom. The van der Waals surface area contributed by atoms with Crippen molar-refractivity contribution in [2.24, 2.45) is 0 Å². The summed E-state index contributed by atoms with van der Waals surface area (Å²) in [5, 5.41) is 9.82. The minimum atomic E-state index is -0.139. The number of methoxy groups -OCH3 is 1. The van der Waals surface area contributed by atoms with Crippen LogP contribution in [-0.2, 0) is 9.59 Å². The zero-order chi connectivity index (χ0) is 19.0. The summed E-state index contributed by atoms with van der Waals surface area (Å²) < 4.78 is 7.15. The van der Waals surface area contributed by atoms with Crippen molar-refractivity contribution in [2.75, 3.05) is 17.7 Å². The summed E-state index contributed by atoms with van der Waals surface area (Å²) in [7, 11) is 1.56. The summed E-state index contributed by atoms with van der Waals surface area (Å²) in [6.45, 7) is 1.78. The van der Waals surface area contributed by atoms with E-state index in [0.29, 0.717) is 30.0 Å². The van der Waals surface area contributed by atoms with Gasteiger partial charge in [0.25, 0.3) is 0 Å². The molecule has 3 aromatic rings. The van der Waals surface area contributed by atoms with Gasteiger partial charge in [-0.15, -0.1) is 0 Å². The van der Waals surface area contributed by atoms with E-state index < -0.39 is 0 Å². The van der Waals surface area contributed by atoms with Crippen molar-refractivity contribution in [3.8, 4) is 5.75 Å². The second-order valence-corrected chi connectivity index (χ2v) is 6.37. The van der Waals surface area contributed by atoms with Crippen LogP contribution in [0, 0.1) is 0 Å². The Balaban J connectivity index is 1.80. The molecule has 0 aliphatic carbocycles. The molecule has 0 fully saturated rings. The van der Waals surface area contributed by atoms with E-state index in [1.807, 2.05) is 24.4 Å². The van der Waals surface area contributed by atoms with Gasteiger partial charge in [0, 0.05) is 30.6 Å². The van der Waals surface area contributed by atoms with Crippen molar-refractivity contribution >= 4 is 28.8 Å². The lowest BCUT2D eigenvalue weighted by atomic mass is 9.85. The minimum absolute atomic E-state index is 0.0771. The highest BCUT2D eigenvalue weighted by molar-refractivity contribution is 5.98. The summed E-state index contributed by atoms with van der Waals surface area (Å²) in [6, 6.07) is 7.49. The quantitative estimate of drug-likeness (QED) is 0.740. The van der Waals surface area contributed by atoms with Gasteiger partial charge in [-0.05, 0) is 35.4 Å². The first-order valence-corrected chi connectivity index (χ1v) is 8.70. The van der Waals surface area contributed by atoms with E-state index in [1.165, 1.54) is 6.33 Å². The van der Waals surface area contributed by atoms with E-state index in [-0.39, 0.29) is 17.7 Å². The van der Waals surface area contributed by atoms with Crippen molar-refractivity contribution in [2.45, 2.75) is 25.7 Å². The predicted molar refractivity (Wildman–Crippen MR) is 100.0 cm³/mol. The molecule has 1 atom stereocenters. The summed E-state index contributed by atoms with van der Waals surface area (Å²) in [4.78, 5) is 28.3. The molecule has 1 aliphatic heterocycles. The molecule has 0 spiro atoms. The summed E-state index contributed by atoms with van der Waals surface area (Å²) >= 11 is 0. The Bertz CT molecular complexity index is 1040. The van der Waals surface area contributed by atoms with Crippen LogP contribution in [0.3, 0.4) is 0 Å². The van der Waals surface area contributed by atoms with Gasteiger partial charge < -0.3 is 15.4 Å². The lowest BCUT2D eigenvalue weighted by molar-refractivity contribution is -0.117. The monoisotopic (exact) mass is 365 g/mol. The van der Waals surface area contributed by atoms with Crippen LogP contribution in [0.15, 0.2) is 36.8 Å². The molecule has 1 aromatic carbocycles. The van der Waals surface area contributed by atoms with E-state index in [0.717, 1.165) is 16.8 Å². The Morgan fingerprint density at radius 1 is 1.41 bits per heavy atom. The molecule has 0 radical (unpaired) electrons. The lowest BCUT2D eigenvalue weighted by Gasteiger charge is -2.27. The number of nitrogens with zero attached hydrogens (tertiary/aromatic N) is 3. The number of anilines is 2. The molecular weight excluding hydrogens is 346 g/mol. The molecule has 27 heavy (non-hydrogen) atoms. The highest BCUT2D eigenvalue weighted by Crippen LogP contribution is 2.42. The van der Waals surface area contributed by atoms with Gasteiger partial charge in [-0.2, -0.15) is 5.10 Å². The summed E-state index contributed by atoms with van der Waals surface area (Å²) in [6.07, 6.45) is 4.00. The number of amides is 2. The molecule has 0 saturated carbocycles. The zero-order valence-corrected chi connectivity index (χ0v) is 15.0. The first kappa shape index (κ1) is 17.0. The molecular formula is C19H19N5O3. The van der Waals surface area contributed by atoms with Gasteiger partial charge >= 0.3 is 0 Å². The van der Waals surface area contributed by atoms with Crippen LogP contribution in [0.5, 0.6) is 5.75 Å². The Kier molecular flexibility index (Phi) is 4.23. The maximum absolute atomic E-state index is 12.3. The third-order valence-corrected chi connectivity index (χ3v) is 4.71. The number of carbonyl (C=O) groups is 2. The predicted octanol–water partition coefficient (Wildman–Crippen LogP) is 2.56. The Labute approximate surface area is 155 Å². The fraction of sp³-hybridized carbons (Fsp3) is 0.263. The molecule has 0 saturated heterocycles. The van der Waals surface area contributed by atoms with Crippen molar-refractivity contribution in [1.29, 1.82) is 0 Å². The normalized spacial score (nSPS) is 15.9. The van der Waals surface area contributed by atoms with Gasteiger partial charge in [0.1, 0.15) is 12.1 Å². The van der Waals surface area contributed by atoms with Gasteiger partial charge in [-0.3, -0.25) is 9.59 Å². The van der Waals surface area contributed by atoms with Crippen LogP contribution in [0.4, 0.5) is 11.4 Å². The third kappa shape index (κ3) is 3.10. The zero-order valence-electron chi connectivity index (χ0n) is 15.0. The molecule has 138 valence electrons. The van der Waals surface area contributed by atoms with Crippen LogP contribution < -0.4 is 15.4 Å². The second-order valence-electron chi connectivity index (χ2n) is 6.37. The second kappa shape index (κ2) is 6.71. The lowest BCUT2D eigenvalue weighted by Crippen LogP contribution is -2.24. The van der Waals surface area contributed by atoms with Gasteiger partial charge in [0.15, 0.2) is 5.65 Å². The van der Waals surface area contributed by atoms with E-state index in [4.69, 9.17) is 4.74 Å². The van der Waals surface area contributed by atoms with Crippen molar-refractivity contribution in [3.05, 3.63) is 47.9 Å². The molecule has 0 bridgehead atoms. The van der Waals surface area contributed by atoms with Gasteiger partial charge in [0.05, 0.1) is 12.8 Å². The van der Waals surface area contributed by atoms with Gasteiger partial charge in [-0.25, -0.2) is 9.50 Å². The molecule has 8 heteroatoms. The number of nitrogens with one attached hydrogen (secondary N) is 2. The number of fused-ring (bicyclic) bond motifs is 2. The molecule has 1 aliphatic rings. The molecule has 4 rings (SSSR count). The van der Waals surface area contributed by atoms with Crippen LogP contribution in [-0.4, -0.2) is 33.5 Å². The topological polar surface area (TPSA) is 97.6 Å². The first-order chi connectivity index (χ1) is 13.1. The van der Waals surface area contributed by atoms with Crippen LogP contribution in [0.25, 0.3) is 5.65 Å². The largest absolute Gasteiger partial charge is 0.495 e. The van der Waals surface area contributed by atoms with Crippen molar-refractivity contribution in [1.82, 2.24) is 14.6 Å². The number of rotatable bonds is 4. The van der Waals surface area contributed by atoms with Crippen molar-refractivity contribution in [3.63, 3.8) is 0 Å². The van der Waals surface area contributed by atoms with E-state index in [9.17, 15) is 9.59 Å². The molecule has 1 unspecified atom stereocenters. The molecule has 3 heterocycles. The average molecular weight is 365 g/mol. The van der Waals surface area contributed by atoms with Gasteiger partial charge in [-0.1, -0.05) is 6.92 Å². The number of pyridine rings is 1. The van der Waals surface area contributed by atoms with E-state index in [2.05, 4.69) is 20.7 Å². The summed E-state index contributed by atoms with van der Waals surface area (Å²) in [5.74, 6) is 0.219. The smallest absolute Gasteiger partial charge is 0.225 e. The highest BCUT2D eigenvalue weighted by Gasteiger charge is 2.28. The van der Waals surface area contributed by atoms with Crippen LogP contribution in [0.2, 0.25) is 0 Å². The molecule has 2 N–H and O–H groups in total. The number of hydrogen-bond acceptors (Lipinski definition) is 5. The van der Waals surface area contributed by atoms with Gasteiger partial charge in [0.2, 0.25) is 11.8 Å². The standard InChI is InChI=1S/C19H19N5O3/c1-3-18(25)23-15-9-14-13(7-16(15)27-2)12(8-19(26)22-14)11-4-5-24-17(6-11)20-10-21-24/h4-7,9-10,12H,3,8H2,1-2H3,(H,22,26)(H,23,25). The Hall–Kier alpha value is -3.42. The molecule has 2 amide bonds. The number of hydrogen-bond donors (Lipinski definition) is 2. The van der Waals surface area contributed by atoms with Crippen molar-refractivity contribution < 1.29 is 14.3 Å². The SMILES string of the molecule is CCC(=O)Nc1cc2c(cc1OC)C(c1ccn3ncnc3c1)CC(=O)N2. The number of benzene rings is 1. The number of carbonyl (C=O) groups excluding carboxylic acids is 2. The van der Waals surface area contributed by atoms with E-state index in [1.54, 1.807) is 24.6 Å². The maximum Gasteiger partial charge on any atom is 0.225 e.